The Morgan fingerprint density at radius 3 is 2.72 bits per heavy atom. The van der Waals surface area contributed by atoms with Crippen molar-refractivity contribution in [2.24, 2.45) is 0 Å². The second-order valence-electron chi connectivity index (χ2n) is 7.17. The normalized spacial score (nSPS) is 17.4. The number of rotatable bonds is 5. The van der Waals surface area contributed by atoms with E-state index in [1.807, 2.05) is 12.1 Å². The Morgan fingerprint density at radius 1 is 1.28 bits per heavy atom. The molecule has 1 saturated heterocycles. The van der Waals surface area contributed by atoms with E-state index in [1.54, 1.807) is 17.3 Å². The Morgan fingerprint density at radius 2 is 2.03 bits per heavy atom. The summed E-state index contributed by atoms with van der Waals surface area (Å²) in [4.78, 5) is 20.7. The van der Waals surface area contributed by atoms with Crippen molar-refractivity contribution in [1.29, 1.82) is 0 Å². The lowest BCUT2D eigenvalue weighted by Gasteiger charge is -2.39. The number of likely N-dealkylation sites (N-methyl/N-ethyl adjacent to an activating group) is 1. The summed E-state index contributed by atoms with van der Waals surface area (Å²) in [6.45, 7) is 4.84. The van der Waals surface area contributed by atoms with Crippen molar-refractivity contribution in [2.45, 2.75) is 38.5 Å². The van der Waals surface area contributed by atoms with Gasteiger partial charge in [-0.15, -0.1) is 0 Å². The van der Waals surface area contributed by atoms with Crippen molar-refractivity contribution in [3.63, 3.8) is 0 Å². The van der Waals surface area contributed by atoms with Crippen molar-refractivity contribution in [2.75, 3.05) is 25.0 Å². The first-order valence-electron chi connectivity index (χ1n) is 9.73. The van der Waals surface area contributed by atoms with Gasteiger partial charge >= 0.3 is 12.2 Å². The quantitative estimate of drug-likeness (QED) is 0.788. The topological polar surface area (TPSA) is 48.5 Å². The van der Waals surface area contributed by atoms with Crippen LogP contribution in [-0.2, 0) is 12.7 Å². The van der Waals surface area contributed by atoms with Crippen LogP contribution in [0.3, 0.4) is 0 Å². The Bertz CT molecular complexity index is 813. The molecule has 1 N–H and O–H groups in total. The van der Waals surface area contributed by atoms with Crippen LogP contribution in [0.2, 0.25) is 0 Å². The number of amides is 2. The first kappa shape index (κ1) is 21.1. The van der Waals surface area contributed by atoms with E-state index in [4.69, 9.17) is 0 Å². The first-order valence-corrected chi connectivity index (χ1v) is 9.73. The van der Waals surface area contributed by atoms with Gasteiger partial charge in [-0.2, -0.15) is 13.2 Å². The molecule has 0 unspecified atom stereocenters. The predicted octanol–water partition coefficient (Wildman–Crippen LogP) is 4.62. The maximum Gasteiger partial charge on any atom is 0.416 e. The maximum absolute atomic E-state index is 12.9. The molecule has 2 amide bonds. The number of hydrogen-bond donors (Lipinski definition) is 1. The fraction of sp³-hybridized carbons (Fsp3) is 0.429. The first-order chi connectivity index (χ1) is 13.9. The van der Waals surface area contributed by atoms with Gasteiger partial charge in [0.05, 0.1) is 5.56 Å². The SMILES string of the molecule is CCN(Cc1ccncc1)[C@H]1CCCN(C(=O)Nc2cccc(C(F)(F)F)c2)C1. The number of aromatic nitrogens is 1. The molecule has 1 aromatic carbocycles. The molecule has 156 valence electrons. The van der Waals surface area contributed by atoms with E-state index in [2.05, 4.69) is 22.1 Å². The molecule has 29 heavy (non-hydrogen) atoms. The lowest BCUT2D eigenvalue weighted by Crippen LogP contribution is -2.50. The van der Waals surface area contributed by atoms with Gasteiger partial charge < -0.3 is 10.2 Å². The molecular weight excluding hydrogens is 381 g/mol. The Kier molecular flexibility index (Phi) is 6.74. The average molecular weight is 406 g/mol. The van der Waals surface area contributed by atoms with Crippen LogP contribution >= 0.6 is 0 Å². The summed E-state index contributed by atoms with van der Waals surface area (Å²) < 4.78 is 38.7. The number of carbonyl (C=O) groups is 1. The standard InChI is InChI=1S/C21H25F3N4O/c1-2-27(14-16-8-10-25-11-9-16)19-7-4-12-28(15-19)20(29)26-18-6-3-5-17(13-18)21(22,23)24/h3,5-6,8-11,13,19H,2,4,7,12,14-15H2,1H3,(H,26,29)/t19-/m0/s1. The van der Waals surface area contributed by atoms with Gasteiger partial charge in [-0.25, -0.2) is 4.79 Å². The minimum absolute atomic E-state index is 0.149. The molecule has 2 heterocycles. The third-order valence-corrected chi connectivity index (χ3v) is 5.18. The van der Waals surface area contributed by atoms with E-state index < -0.39 is 11.7 Å². The minimum atomic E-state index is -4.44. The van der Waals surface area contributed by atoms with Crippen molar-refractivity contribution in [3.8, 4) is 0 Å². The number of hydrogen-bond acceptors (Lipinski definition) is 3. The summed E-state index contributed by atoms with van der Waals surface area (Å²) in [5.41, 5.74) is 0.532. The number of nitrogens with zero attached hydrogens (tertiary/aromatic N) is 3. The largest absolute Gasteiger partial charge is 0.416 e. The highest BCUT2D eigenvalue weighted by molar-refractivity contribution is 5.89. The molecule has 3 rings (SSSR count). The number of halogens is 3. The smallest absolute Gasteiger partial charge is 0.323 e. The van der Waals surface area contributed by atoms with Crippen LogP contribution in [0.25, 0.3) is 0 Å². The summed E-state index contributed by atoms with van der Waals surface area (Å²) in [5, 5.41) is 2.61. The van der Waals surface area contributed by atoms with Gasteiger partial charge in [-0.05, 0) is 55.3 Å². The van der Waals surface area contributed by atoms with Gasteiger partial charge in [0.2, 0.25) is 0 Å². The Labute approximate surface area is 168 Å². The van der Waals surface area contributed by atoms with E-state index >= 15 is 0 Å². The van der Waals surface area contributed by atoms with Crippen LogP contribution in [0.4, 0.5) is 23.7 Å². The molecule has 1 aliphatic rings. The third-order valence-electron chi connectivity index (χ3n) is 5.18. The molecule has 1 aromatic heterocycles. The maximum atomic E-state index is 12.9. The fourth-order valence-electron chi connectivity index (χ4n) is 3.63. The van der Waals surface area contributed by atoms with Gasteiger partial charge in [-0.3, -0.25) is 9.88 Å². The highest BCUT2D eigenvalue weighted by Gasteiger charge is 2.31. The van der Waals surface area contributed by atoms with E-state index in [9.17, 15) is 18.0 Å². The van der Waals surface area contributed by atoms with Crippen molar-refractivity contribution >= 4 is 11.7 Å². The van der Waals surface area contributed by atoms with Gasteiger partial charge in [-0.1, -0.05) is 13.0 Å². The number of urea groups is 1. The number of nitrogens with one attached hydrogen (secondary N) is 1. The zero-order chi connectivity index (χ0) is 20.9. The number of alkyl halides is 3. The van der Waals surface area contributed by atoms with Crippen LogP contribution in [0.1, 0.15) is 30.9 Å². The average Bonchev–Trinajstić information content (AvgIpc) is 2.72. The summed E-state index contributed by atoms with van der Waals surface area (Å²) >= 11 is 0. The zero-order valence-corrected chi connectivity index (χ0v) is 16.3. The molecule has 2 aromatic rings. The molecule has 0 bridgehead atoms. The summed E-state index contributed by atoms with van der Waals surface area (Å²) in [6, 6.07) is 8.50. The number of benzene rings is 1. The Hall–Kier alpha value is -2.61. The lowest BCUT2D eigenvalue weighted by molar-refractivity contribution is -0.137. The van der Waals surface area contributed by atoms with Crippen LogP contribution in [-0.4, -0.2) is 46.5 Å². The lowest BCUT2D eigenvalue weighted by atomic mass is 10.0. The number of carbonyl (C=O) groups excluding carboxylic acids is 1. The third kappa shape index (κ3) is 5.69. The summed E-state index contributed by atoms with van der Waals surface area (Å²) in [5.74, 6) is 0. The van der Waals surface area contributed by atoms with Crippen LogP contribution in [0, 0.1) is 0 Å². The highest BCUT2D eigenvalue weighted by atomic mass is 19.4. The molecular formula is C21H25F3N4O. The summed E-state index contributed by atoms with van der Waals surface area (Å²) in [7, 11) is 0. The van der Waals surface area contributed by atoms with Crippen molar-refractivity contribution in [1.82, 2.24) is 14.8 Å². The van der Waals surface area contributed by atoms with E-state index in [-0.39, 0.29) is 17.8 Å². The molecule has 0 aliphatic carbocycles. The van der Waals surface area contributed by atoms with E-state index in [1.165, 1.54) is 12.1 Å². The highest BCUT2D eigenvalue weighted by Crippen LogP contribution is 2.30. The van der Waals surface area contributed by atoms with Crippen LogP contribution < -0.4 is 5.32 Å². The number of piperidine rings is 1. The monoisotopic (exact) mass is 406 g/mol. The number of likely N-dealkylation sites (tertiary alicyclic amines) is 1. The number of anilines is 1. The van der Waals surface area contributed by atoms with Crippen LogP contribution in [0.5, 0.6) is 0 Å². The fourth-order valence-corrected chi connectivity index (χ4v) is 3.63. The van der Waals surface area contributed by atoms with Crippen molar-refractivity contribution in [3.05, 3.63) is 59.9 Å². The second kappa shape index (κ2) is 9.26. The van der Waals surface area contributed by atoms with Gasteiger partial charge in [0.15, 0.2) is 0 Å². The molecule has 0 radical (unpaired) electrons. The number of pyridine rings is 1. The van der Waals surface area contributed by atoms with E-state index in [0.29, 0.717) is 13.1 Å². The molecule has 5 nitrogen and oxygen atoms in total. The molecule has 1 fully saturated rings. The van der Waals surface area contributed by atoms with Gasteiger partial charge in [0.25, 0.3) is 0 Å². The molecule has 1 atom stereocenters. The van der Waals surface area contributed by atoms with E-state index in [0.717, 1.165) is 43.6 Å². The molecule has 0 saturated carbocycles. The minimum Gasteiger partial charge on any atom is -0.323 e. The van der Waals surface area contributed by atoms with Gasteiger partial charge in [0.1, 0.15) is 0 Å². The summed E-state index contributed by atoms with van der Waals surface area (Å²) in [6.07, 6.45) is 0.920. The predicted molar refractivity (Wildman–Crippen MR) is 105 cm³/mol. The molecule has 1 aliphatic heterocycles. The Balaban J connectivity index is 1.63. The molecule has 0 spiro atoms. The zero-order valence-electron chi connectivity index (χ0n) is 16.3. The van der Waals surface area contributed by atoms with Crippen molar-refractivity contribution < 1.29 is 18.0 Å². The molecule has 8 heteroatoms. The second-order valence-corrected chi connectivity index (χ2v) is 7.17. The van der Waals surface area contributed by atoms with Crippen LogP contribution in [0.15, 0.2) is 48.8 Å². The van der Waals surface area contributed by atoms with Gasteiger partial charge in [0, 0.05) is 43.8 Å².